The van der Waals surface area contributed by atoms with E-state index in [0.717, 1.165) is 129 Å². The van der Waals surface area contributed by atoms with Gasteiger partial charge in [0, 0.05) is 49.9 Å². The van der Waals surface area contributed by atoms with Gasteiger partial charge in [0.1, 0.15) is 17.5 Å². The van der Waals surface area contributed by atoms with Crippen LogP contribution in [0.25, 0.3) is 32.3 Å². The molecule has 6 aliphatic rings. The first-order chi connectivity index (χ1) is 43.7. The minimum atomic E-state index is -0.169. The molecule has 90 heavy (non-hydrogen) atoms. The molecule has 0 heterocycles. The molecule has 12 heteroatoms. The SMILES string of the molecule is O=C(N[C@@H]1CC[C@@H]2C[C@H]1CC[C@@H]2c1cccc2ccc(F)cc12)c1ccc(Cl)cc1.O=C(N[C@@H]1CC[C@H]2C[C@@H]1CC[C@H]2c1cccc2ccc(F)cc12)c1ccc(Cl)cc1.O=C(N[C@H]1CC[C@H]2C[C@@H]1CC[C@H]2c1cccc2ccc(F)cc12)c1ccc(Cl)cc1. The van der Waals surface area contributed by atoms with Gasteiger partial charge in [-0.25, -0.2) is 13.2 Å². The van der Waals surface area contributed by atoms with Crippen LogP contribution in [-0.2, 0) is 0 Å². The molecule has 6 fully saturated rings. The molecule has 6 aliphatic carbocycles. The van der Waals surface area contributed by atoms with E-state index in [1.54, 1.807) is 91.0 Å². The van der Waals surface area contributed by atoms with Crippen LogP contribution in [0.2, 0.25) is 15.1 Å². The van der Waals surface area contributed by atoms with E-state index >= 15 is 0 Å². The number of carbonyl (C=O) groups excluding carboxylic acids is 3. The van der Waals surface area contributed by atoms with Gasteiger partial charge in [-0.3, -0.25) is 14.4 Å². The van der Waals surface area contributed by atoms with E-state index < -0.39 is 0 Å². The molecule has 9 aromatic carbocycles. The number of rotatable bonds is 9. The summed E-state index contributed by atoms with van der Waals surface area (Å²) in [5, 5.41) is 18.2. The Morgan fingerprint density at radius 3 is 0.856 bits per heavy atom. The molecule has 3 amide bonds. The molecule has 0 spiro atoms. The zero-order chi connectivity index (χ0) is 62.0. The largest absolute Gasteiger partial charge is 0.349 e. The molecular formula is C78H75Cl3F3N3O3. The molecule has 0 radical (unpaired) electrons. The predicted molar refractivity (Wildman–Crippen MR) is 358 cm³/mol. The van der Waals surface area contributed by atoms with Crippen molar-refractivity contribution in [1.29, 1.82) is 0 Å². The van der Waals surface area contributed by atoms with Crippen molar-refractivity contribution in [3.8, 4) is 0 Å². The lowest BCUT2D eigenvalue weighted by atomic mass is 9.63. The number of benzene rings is 9. The predicted octanol–water partition coefficient (Wildman–Crippen LogP) is 20.2. The van der Waals surface area contributed by atoms with Gasteiger partial charge in [-0.2, -0.15) is 0 Å². The first-order valence-electron chi connectivity index (χ1n) is 32.5. The van der Waals surface area contributed by atoms with Crippen molar-refractivity contribution in [2.45, 2.75) is 132 Å². The quantitative estimate of drug-likeness (QED) is 0.135. The summed E-state index contributed by atoms with van der Waals surface area (Å²) in [6.45, 7) is 0. The maximum atomic E-state index is 13.9. The third-order valence-corrected chi connectivity index (χ3v) is 22.2. The molecule has 9 aromatic rings. The highest BCUT2D eigenvalue weighted by Gasteiger charge is 2.43. The average Bonchev–Trinajstić information content (AvgIpc) is 1.39. The number of nitrogens with one attached hydrogen (secondary N) is 3. The molecule has 3 N–H and O–H groups in total. The summed E-state index contributed by atoms with van der Waals surface area (Å²) in [5.41, 5.74) is 5.85. The summed E-state index contributed by atoms with van der Waals surface area (Å²) in [5.74, 6) is 4.22. The third kappa shape index (κ3) is 13.7. The molecule has 462 valence electrons. The van der Waals surface area contributed by atoms with Crippen LogP contribution in [0.1, 0.15) is 162 Å². The lowest BCUT2D eigenvalue weighted by Gasteiger charge is -2.45. The molecule has 15 rings (SSSR count). The van der Waals surface area contributed by atoms with Gasteiger partial charge in [-0.1, -0.05) is 108 Å². The number of amides is 3. The molecule has 0 aromatic heterocycles. The van der Waals surface area contributed by atoms with E-state index in [1.807, 2.05) is 18.2 Å². The minimum Gasteiger partial charge on any atom is -0.349 e. The van der Waals surface area contributed by atoms with Gasteiger partial charge in [0.25, 0.3) is 17.7 Å². The Morgan fingerprint density at radius 2 is 0.578 bits per heavy atom. The summed E-state index contributed by atoms with van der Waals surface area (Å²) >= 11 is 17.8. The second kappa shape index (κ2) is 27.3. The summed E-state index contributed by atoms with van der Waals surface area (Å²) in [4.78, 5) is 38.0. The summed E-state index contributed by atoms with van der Waals surface area (Å²) in [6.07, 6.45) is 16.3. The van der Waals surface area contributed by atoms with Crippen LogP contribution < -0.4 is 16.0 Å². The van der Waals surface area contributed by atoms with Crippen LogP contribution in [0.3, 0.4) is 0 Å². The molecule has 6 saturated carbocycles. The van der Waals surface area contributed by atoms with Crippen molar-refractivity contribution in [1.82, 2.24) is 16.0 Å². The summed E-state index contributed by atoms with van der Waals surface area (Å²) < 4.78 is 41.8. The van der Waals surface area contributed by atoms with Crippen molar-refractivity contribution in [2.75, 3.05) is 0 Å². The number of hydrogen-bond donors (Lipinski definition) is 3. The second-order valence-corrected chi connectivity index (χ2v) is 27.8. The van der Waals surface area contributed by atoms with Crippen molar-refractivity contribution >= 4 is 84.8 Å². The van der Waals surface area contributed by atoms with Crippen molar-refractivity contribution in [3.63, 3.8) is 0 Å². The van der Waals surface area contributed by atoms with E-state index in [9.17, 15) is 27.6 Å². The fraction of sp³-hybridized carbons (Fsp3) is 0.346. The zero-order valence-electron chi connectivity index (χ0n) is 50.3. The van der Waals surface area contributed by atoms with Gasteiger partial charge < -0.3 is 16.0 Å². The minimum absolute atomic E-state index is 0.0123. The third-order valence-electron chi connectivity index (χ3n) is 21.4. The van der Waals surface area contributed by atoms with E-state index in [1.165, 1.54) is 34.9 Å². The maximum Gasteiger partial charge on any atom is 0.251 e. The zero-order valence-corrected chi connectivity index (χ0v) is 52.6. The van der Waals surface area contributed by atoms with Crippen LogP contribution in [0.15, 0.2) is 182 Å². The number of halogens is 6. The maximum absolute atomic E-state index is 13.9. The van der Waals surface area contributed by atoms with Gasteiger partial charge in [0.15, 0.2) is 0 Å². The molecule has 0 unspecified atom stereocenters. The van der Waals surface area contributed by atoms with Crippen LogP contribution in [0.4, 0.5) is 13.2 Å². The average molecular weight is 1270 g/mol. The molecule has 6 nitrogen and oxygen atoms in total. The van der Waals surface area contributed by atoms with Crippen molar-refractivity contribution in [2.24, 2.45) is 35.5 Å². The van der Waals surface area contributed by atoms with Gasteiger partial charge in [-0.05, 0) is 308 Å². The fourth-order valence-corrected chi connectivity index (χ4v) is 17.4. The molecule has 12 atom stereocenters. The number of hydrogen-bond acceptors (Lipinski definition) is 3. The Bertz CT molecular complexity index is 3660. The smallest absolute Gasteiger partial charge is 0.251 e. The summed E-state index contributed by atoms with van der Waals surface area (Å²) in [6, 6.07) is 56.2. The monoisotopic (exact) mass is 1260 g/mol. The van der Waals surface area contributed by atoms with E-state index in [4.69, 9.17) is 34.8 Å². The fourth-order valence-electron chi connectivity index (χ4n) is 17.0. The van der Waals surface area contributed by atoms with Gasteiger partial charge in [0.05, 0.1) is 0 Å². The van der Waals surface area contributed by atoms with Crippen LogP contribution in [0, 0.1) is 53.0 Å². The molecular weight excluding hydrogens is 1190 g/mol. The second-order valence-electron chi connectivity index (χ2n) is 26.4. The lowest BCUT2D eigenvalue weighted by Crippen LogP contribution is -2.46. The van der Waals surface area contributed by atoms with Crippen LogP contribution in [0.5, 0.6) is 0 Å². The standard InChI is InChI=1S/3C26H25ClFNO/c3*27-20-9-4-17(5-10-20)26(30)29-25-13-8-18-14-19(25)7-12-22(18)23-3-1-2-16-6-11-21(28)15-24(16)23/h3*1-6,9-11,15,18-19,22,25H,7-8,12-14H2,(H,29,30)/t18-,19-,22+,25+;2*18-,19-,22+,25-/m010/s1. The van der Waals surface area contributed by atoms with E-state index in [-0.39, 0.29) is 53.3 Å². The molecule has 6 bridgehead atoms. The highest BCUT2D eigenvalue weighted by molar-refractivity contribution is 6.31. The topological polar surface area (TPSA) is 87.3 Å². The van der Waals surface area contributed by atoms with Gasteiger partial charge in [-0.15, -0.1) is 0 Å². The van der Waals surface area contributed by atoms with E-state index in [0.29, 0.717) is 85.0 Å². The van der Waals surface area contributed by atoms with Crippen molar-refractivity contribution in [3.05, 3.63) is 248 Å². The Labute approximate surface area is 540 Å². The molecule has 0 aliphatic heterocycles. The van der Waals surface area contributed by atoms with Gasteiger partial charge in [0.2, 0.25) is 0 Å². The van der Waals surface area contributed by atoms with Gasteiger partial charge >= 0.3 is 0 Å². The Hall–Kier alpha value is -7.17. The normalized spacial score (nSPS) is 25.8. The number of carbonyl (C=O) groups is 3. The first-order valence-corrected chi connectivity index (χ1v) is 33.6. The highest BCUT2D eigenvalue weighted by atomic mass is 35.5. The Morgan fingerprint density at radius 1 is 0.311 bits per heavy atom. The van der Waals surface area contributed by atoms with E-state index in [2.05, 4.69) is 70.5 Å². The molecule has 0 saturated heterocycles. The Balaban J connectivity index is 0.000000124. The summed E-state index contributed by atoms with van der Waals surface area (Å²) in [7, 11) is 0. The lowest BCUT2D eigenvalue weighted by molar-refractivity contribution is 0.0818. The highest BCUT2D eigenvalue weighted by Crippen LogP contribution is 2.52. The van der Waals surface area contributed by atoms with Crippen molar-refractivity contribution < 1.29 is 27.6 Å². The Kier molecular flexibility index (Phi) is 18.7. The van der Waals surface area contributed by atoms with Crippen LogP contribution in [-0.4, -0.2) is 35.8 Å². The first kappa shape index (κ1) is 61.7. The van der Waals surface area contributed by atoms with Crippen LogP contribution >= 0.6 is 34.8 Å². The number of fused-ring (bicyclic) bond motifs is 9.